The van der Waals surface area contributed by atoms with E-state index < -0.39 is 5.60 Å². The molecule has 1 aliphatic heterocycles. The van der Waals surface area contributed by atoms with Crippen LogP contribution in [0.5, 0.6) is 0 Å². The van der Waals surface area contributed by atoms with Crippen molar-refractivity contribution in [2.75, 3.05) is 44.7 Å². The van der Waals surface area contributed by atoms with E-state index in [1.54, 1.807) is 20.0 Å². The topological polar surface area (TPSA) is 87.8 Å². The average molecular weight is 406 g/mol. The van der Waals surface area contributed by atoms with E-state index in [-0.39, 0.29) is 0 Å². The van der Waals surface area contributed by atoms with Gasteiger partial charge in [-0.15, -0.1) is 0 Å². The molecule has 0 unspecified atom stereocenters. The first-order chi connectivity index (χ1) is 14.5. The van der Waals surface area contributed by atoms with Crippen LogP contribution in [-0.4, -0.2) is 68.8 Å². The molecule has 8 heteroatoms. The quantitative estimate of drug-likeness (QED) is 0.526. The van der Waals surface area contributed by atoms with Crippen LogP contribution in [0.15, 0.2) is 36.5 Å². The van der Waals surface area contributed by atoms with Crippen LogP contribution >= 0.6 is 0 Å². The Hall–Kier alpha value is -2.81. The minimum atomic E-state index is -1.05. The molecule has 156 valence electrons. The second-order valence-corrected chi connectivity index (χ2v) is 8.22. The Morgan fingerprint density at radius 1 is 1.10 bits per heavy atom. The molecule has 8 nitrogen and oxygen atoms in total. The molecule has 3 aromatic heterocycles. The third kappa shape index (κ3) is 3.47. The summed E-state index contributed by atoms with van der Waals surface area (Å²) in [7, 11) is 0. The van der Waals surface area contributed by atoms with Gasteiger partial charge in [0.15, 0.2) is 5.65 Å². The minimum absolute atomic E-state index is 0.705. The number of aliphatic hydroxyl groups is 1. The third-order valence-electron chi connectivity index (χ3n) is 5.57. The van der Waals surface area contributed by atoms with E-state index in [0.29, 0.717) is 5.65 Å². The smallest absolute Gasteiger partial charge is 0.167 e. The lowest BCUT2D eigenvalue weighted by Gasteiger charge is -2.26. The van der Waals surface area contributed by atoms with Crippen LogP contribution in [0, 0.1) is 0 Å². The number of para-hydroxylation sites is 2. The summed E-state index contributed by atoms with van der Waals surface area (Å²) in [5.41, 5.74) is 3.65. The number of hydrogen-bond acceptors (Lipinski definition) is 7. The van der Waals surface area contributed by atoms with Crippen LogP contribution in [0.2, 0.25) is 0 Å². The molecule has 2 N–H and O–H groups in total. The highest BCUT2D eigenvalue weighted by atomic mass is 16.5. The zero-order chi connectivity index (χ0) is 20.7. The molecule has 4 aromatic rings. The highest BCUT2D eigenvalue weighted by Gasteiger charge is 2.24. The van der Waals surface area contributed by atoms with Crippen molar-refractivity contribution in [3.63, 3.8) is 0 Å². The van der Waals surface area contributed by atoms with Gasteiger partial charge in [-0.2, -0.15) is 0 Å². The Bertz CT molecular complexity index is 1210. The largest absolute Gasteiger partial charge is 0.386 e. The normalized spacial score (nSPS) is 16.0. The van der Waals surface area contributed by atoms with Crippen molar-refractivity contribution < 1.29 is 9.84 Å². The zero-order valence-corrected chi connectivity index (χ0v) is 17.3. The van der Waals surface area contributed by atoms with E-state index in [1.165, 1.54) is 0 Å². The summed E-state index contributed by atoms with van der Waals surface area (Å²) < 4.78 is 7.40. The van der Waals surface area contributed by atoms with Crippen LogP contribution < -0.4 is 5.32 Å². The highest BCUT2D eigenvalue weighted by Crippen LogP contribution is 2.31. The zero-order valence-electron chi connectivity index (χ0n) is 17.3. The number of hydrogen-bond donors (Lipinski definition) is 2. The first-order valence-electron chi connectivity index (χ1n) is 10.3. The maximum Gasteiger partial charge on any atom is 0.167 e. The van der Waals surface area contributed by atoms with Gasteiger partial charge in [-0.1, -0.05) is 12.1 Å². The Labute approximate surface area is 174 Å². The Morgan fingerprint density at radius 2 is 1.90 bits per heavy atom. The van der Waals surface area contributed by atoms with Crippen LogP contribution in [0.4, 0.5) is 5.82 Å². The van der Waals surface area contributed by atoms with Crippen LogP contribution in [0.25, 0.3) is 27.8 Å². The lowest BCUT2D eigenvalue weighted by atomic mass is 9.99. The monoisotopic (exact) mass is 406 g/mol. The predicted octanol–water partition coefficient (Wildman–Crippen LogP) is 2.40. The lowest BCUT2D eigenvalue weighted by molar-refractivity contribution is 0.0398. The number of benzene rings is 1. The van der Waals surface area contributed by atoms with Gasteiger partial charge in [0.1, 0.15) is 17.0 Å². The average Bonchev–Trinajstić information content (AvgIpc) is 3.13. The molecule has 1 fully saturated rings. The standard InChI is InChI=1S/C22H26N6O2/c1-22(2,29)15-13-17-21(28-18-6-4-3-5-16(18)25-20(15)28)26-19(14-24-17)23-7-8-27-9-11-30-12-10-27/h3-6,13-14,29H,7-12H2,1-2H3,(H,23,26). The molecule has 1 aromatic carbocycles. The van der Waals surface area contributed by atoms with Gasteiger partial charge in [0.2, 0.25) is 0 Å². The summed E-state index contributed by atoms with van der Waals surface area (Å²) >= 11 is 0. The van der Waals surface area contributed by atoms with Crippen molar-refractivity contribution in [3.05, 3.63) is 42.1 Å². The number of nitrogens with one attached hydrogen (secondary N) is 1. The fourth-order valence-corrected chi connectivity index (χ4v) is 3.98. The van der Waals surface area contributed by atoms with E-state index in [1.807, 2.05) is 34.7 Å². The fourth-order valence-electron chi connectivity index (χ4n) is 3.98. The minimum Gasteiger partial charge on any atom is -0.386 e. The summed E-state index contributed by atoms with van der Waals surface area (Å²) in [6.45, 7) is 8.78. The van der Waals surface area contributed by atoms with Crippen LogP contribution in [0.3, 0.4) is 0 Å². The van der Waals surface area contributed by atoms with Gasteiger partial charge < -0.3 is 15.2 Å². The summed E-state index contributed by atoms with van der Waals surface area (Å²) in [5, 5.41) is 14.1. The summed E-state index contributed by atoms with van der Waals surface area (Å²) in [5.74, 6) is 0.728. The number of anilines is 1. The number of pyridine rings is 1. The van der Waals surface area contributed by atoms with Crippen molar-refractivity contribution in [2.45, 2.75) is 19.4 Å². The molecule has 30 heavy (non-hydrogen) atoms. The van der Waals surface area contributed by atoms with Gasteiger partial charge in [0.05, 0.1) is 36.0 Å². The molecule has 0 radical (unpaired) electrons. The Morgan fingerprint density at radius 3 is 2.70 bits per heavy atom. The first-order valence-corrected chi connectivity index (χ1v) is 10.3. The second kappa shape index (κ2) is 7.46. The number of ether oxygens (including phenoxy) is 1. The highest BCUT2D eigenvalue weighted by molar-refractivity contribution is 5.89. The number of imidazole rings is 1. The molecule has 0 saturated carbocycles. The second-order valence-electron chi connectivity index (χ2n) is 8.22. The molecule has 0 atom stereocenters. The lowest BCUT2D eigenvalue weighted by Crippen LogP contribution is -2.39. The maximum absolute atomic E-state index is 10.7. The molecule has 1 saturated heterocycles. The van der Waals surface area contributed by atoms with Crippen molar-refractivity contribution in [2.24, 2.45) is 0 Å². The van der Waals surface area contributed by atoms with E-state index in [4.69, 9.17) is 14.7 Å². The van der Waals surface area contributed by atoms with E-state index in [2.05, 4.69) is 15.2 Å². The molecular formula is C22H26N6O2. The van der Waals surface area contributed by atoms with Gasteiger partial charge in [-0.05, 0) is 32.0 Å². The van der Waals surface area contributed by atoms with Crippen molar-refractivity contribution in [1.29, 1.82) is 0 Å². The van der Waals surface area contributed by atoms with E-state index in [0.717, 1.165) is 73.0 Å². The van der Waals surface area contributed by atoms with Crippen LogP contribution in [-0.2, 0) is 10.3 Å². The predicted molar refractivity (Wildman–Crippen MR) is 117 cm³/mol. The number of fused-ring (bicyclic) bond motifs is 5. The molecular weight excluding hydrogens is 380 g/mol. The van der Waals surface area contributed by atoms with Gasteiger partial charge in [-0.25, -0.2) is 15.0 Å². The summed E-state index contributed by atoms with van der Waals surface area (Å²) in [6.07, 6.45) is 1.75. The van der Waals surface area contributed by atoms with Crippen LogP contribution in [0.1, 0.15) is 19.4 Å². The molecule has 0 aliphatic carbocycles. The molecule has 4 heterocycles. The maximum atomic E-state index is 10.7. The number of nitrogens with zero attached hydrogens (tertiary/aromatic N) is 5. The first kappa shape index (κ1) is 19.2. The molecule has 5 rings (SSSR count). The van der Waals surface area contributed by atoms with Crippen molar-refractivity contribution >= 4 is 33.7 Å². The van der Waals surface area contributed by atoms with Crippen molar-refractivity contribution in [3.8, 4) is 0 Å². The van der Waals surface area contributed by atoms with E-state index in [9.17, 15) is 5.11 Å². The summed E-state index contributed by atoms with van der Waals surface area (Å²) in [6, 6.07) is 9.83. The number of morpholine rings is 1. The number of rotatable bonds is 5. The van der Waals surface area contributed by atoms with Crippen molar-refractivity contribution in [1.82, 2.24) is 24.3 Å². The Kier molecular flexibility index (Phi) is 4.77. The van der Waals surface area contributed by atoms with E-state index >= 15 is 0 Å². The molecule has 0 amide bonds. The molecule has 0 spiro atoms. The van der Waals surface area contributed by atoms with Gasteiger partial charge in [-0.3, -0.25) is 9.30 Å². The van der Waals surface area contributed by atoms with Gasteiger partial charge in [0.25, 0.3) is 0 Å². The fraction of sp³-hybridized carbons (Fsp3) is 0.409. The van der Waals surface area contributed by atoms with Gasteiger partial charge in [0, 0.05) is 31.7 Å². The summed E-state index contributed by atoms with van der Waals surface area (Å²) in [4.78, 5) is 16.7. The molecule has 1 aliphatic rings. The van der Waals surface area contributed by atoms with Gasteiger partial charge >= 0.3 is 0 Å². The third-order valence-corrected chi connectivity index (χ3v) is 5.57. The SMILES string of the molecule is CC(C)(O)c1cc2ncc(NCCN3CCOCC3)nc2n2c1nc1ccccc12. The number of aromatic nitrogens is 4. The Balaban J connectivity index is 1.56. The molecule has 0 bridgehead atoms.